The Balaban J connectivity index is 1.37. The van der Waals surface area contributed by atoms with E-state index in [-0.39, 0.29) is 29.8 Å². The van der Waals surface area contributed by atoms with Crippen molar-refractivity contribution in [3.8, 4) is 0 Å². The summed E-state index contributed by atoms with van der Waals surface area (Å²) in [7, 11) is 0. The highest BCUT2D eigenvalue weighted by Gasteiger charge is 2.36. The normalized spacial score (nSPS) is 32.0. The summed E-state index contributed by atoms with van der Waals surface area (Å²) >= 11 is 0. The van der Waals surface area contributed by atoms with Gasteiger partial charge in [-0.25, -0.2) is 0 Å². The predicted octanol–water partition coefficient (Wildman–Crippen LogP) is 3.00. The molecular formula is C21H34N2O4. The molecular weight excluding hydrogens is 344 g/mol. The van der Waals surface area contributed by atoms with Gasteiger partial charge in [-0.2, -0.15) is 0 Å². The number of carbonyl (C=O) groups is 3. The van der Waals surface area contributed by atoms with Crippen molar-refractivity contribution < 1.29 is 19.5 Å². The van der Waals surface area contributed by atoms with Crippen molar-refractivity contribution >= 4 is 17.8 Å². The van der Waals surface area contributed by atoms with E-state index in [1.165, 1.54) is 32.1 Å². The Morgan fingerprint density at radius 3 is 2.15 bits per heavy atom. The molecule has 2 atom stereocenters. The smallest absolute Gasteiger partial charge is 0.308 e. The molecule has 0 radical (unpaired) electrons. The summed E-state index contributed by atoms with van der Waals surface area (Å²) in [6.07, 6.45) is 12.3. The zero-order valence-corrected chi connectivity index (χ0v) is 16.3. The maximum absolute atomic E-state index is 12.5. The lowest BCUT2D eigenvalue weighted by atomic mass is 9.84. The number of rotatable bonds is 6. The molecule has 3 rings (SSSR count). The van der Waals surface area contributed by atoms with Crippen LogP contribution in [-0.2, 0) is 14.4 Å². The number of carbonyl (C=O) groups excluding carboxylic acids is 2. The predicted molar refractivity (Wildman–Crippen MR) is 102 cm³/mol. The van der Waals surface area contributed by atoms with Gasteiger partial charge in [0.2, 0.25) is 11.8 Å². The number of hydrogen-bond donors (Lipinski definition) is 3. The molecule has 27 heavy (non-hydrogen) atoms. The van der Waals surface area contributed by atoms with Crippen LogP contribution in [0.4, 0.5) is 0 Å². The monoisotopic (exact) mass is 378 g/mol. The fourth-order valence-electron chi connectivity index (χ4n) is 5.17. The van der Waals surface area contributed by atoms with Gasteiger partial charge in [-0.3, -0.25) is 14.4 Å². The van der Waals surface area contributed by atoms with E-state index in [4.69, 9.17) is 0 Å². The second-order valence-corrected chi connectivity index (χ2v) is 8.81. The van der Waals surface area contributed by atoms with Crippen LogP contribution < -0.4 is 10.6 Å². The van der Waals surface area contributed by atoms with E-state index in [0.717, 1.165) is 38.5 Å². The third kappa shape index (κ3) is 5.69. The van der Waals surface area contributed by atoms with Crippen molar-refractivity contribution in [2.24, 2.45) is 17.8 Å². The van der Waals surface area contributed by atoms with Gasteiger partial charge >= 0.3 is 5.97 Å². The Morgan fingerprint density at radius 2 is 1.48 bits per heavy atom. The summed E-state index contributed by atoms with van der Waals surface area (Å²) < 4.78 is 0. The van der Waals surface area contributed by atoms with E-state index < -0.39 is 11.9 Å². The van der Waals surface area contributed by atoms with Gasteiger partial charge in [0.25, 0.3) is 0 Å². The van der Waals surface area contributed by atoms with Crippen molar-refractivity contribution in [1.82, 2.24) is 10.6 Å². The summed E-state index contributed by atoms with van der Waals surface area (Å²) in [5.74, 6) is -0.572. The topological polar surface area (TPSA) is 95.5 Å². The average Bonchev–Trinajstić information content (AvgIpc) is 3.11. The van der Waals surface area contributed by atoms with Crippen molar-refractivity contribution in [2.75, 3.05) is 0 Å². The van der Waals surface area contributed by atoms with Crippen molar-refractivity contribution in [1.29, 1.82) is 0 Å². The molecule has 0 spiro atoms. The molecule has 0 bridgehead atoms. The average molecular weight is 379 g/mol. The Hall–Kier alpha value is -1.59. The Morgan fingerprint density at radius 1 is 0.778 bits per heavy atom. The molecule has 0 aromatic heterocycles. The van der Waals surface area contributed by atoms with Gasteiger partial charge in [0, 0.05) is 24.4 Å². The van der Waals surface area contributed by atoms with Crippen LogP contribution in [0.25, 0.3) is 0 Å². The number of amides is 2. The van der Waals surface area contributed by atoms with E-state index in [9.17, 15) is 19.5 Å². The molecule has 6 nitrogen and oxygen atoms in total. The number of carboxylic acids is 1. The molecule has 0 unspecified atom stereocenters. The van der Waals surface area contributed by atoms with Crippen LogP contribution in [0.15, 0.2) is 0 Å². The molecule has 0 aliphatic heterocycles. The van der Waals surface area contributed by atoms with Crippen LogP contribution in [-0.4, -0.2) is 35.0 Å². The zero-order chi connectivity index (χ0) is 19.2. The van der Waals surface area contributed by atoms with Gasteiger partial charge < -0.3 is 15.7 Å². The summed E-state index contributed by atoms with van der Waals surface area (Å²) in [4.78, 5) is 36.1. The summed E-state index contributed by atoms with van der Waals surface area (Å²) in [5.41, 5.74) is 0. The Bertz CT molecular complexity index is 536. The number of hydrogen-bond acceptors (Lipinski definition) is 3. The third-order valence-electron chi connectivity index (χ3n) is 6.82. The van der Waals surface area contributed by atoms with Gasteiger partial charge in [-0.05, 0) is 57.3 Å². The minimum Gasteiger partial charge on any atom is -0.481 e. The van der Waals surface area contributed by atoms with Crippen LogP contribution in [0.5, 0.6) is 0 Å². The molecule has 0 aromatic rings. The quantitative estimate of drug-likeness (QED) is 0.662. The first-order valence-electron chi connectivity index (χ1n) is 10.9. The maximum atomic E-state index is 12.5. The Kier molecular flexibility index (Phi) is 7.13. The van der Waals surface area contributed by atoms with E-state index >= 15 is 0 Å². The standard InChI is InChI=1S/C21H34N2O4/c24-19(13-14-5-2-1-3-6-14)22-16-11-9-15(10-12-16)20(25)23-18-8-4-7-17(18)21(26)27/h14-18H,1-13H2,(H,22,24)(H,23,25)(H,26,27)/t15?,16?,17-,18+/m1/s1. The highest BCUT2D eigenvalue weighted by atomic mass is 16.4. The lowest BCUT2D eigenvalue weighted by Gasteiger charge is -2.30. The number of nitrogens with one attached hydrogen (secondary N) is 2. The van der Waals surface area contributed by atoms with Gasteiger partial charge in [0.15, 0.2) is 0 Å². The minimum atomic E-state index is -0.804. The molecule has 3 aliphatic rings. The van der Waals surface area contributed by atoms with E-state index in [1.807, 2.05) is 0 Å². The number of aliphatic carboxylic acids is 1. The summed E-state index contributed by atoms with van der Waals surface area (Å²) in [5, 5.41) is 15.4. The van der Waals surface area contributed by atoms with Crippen molar-refractivity contribution in [3.05, 3.63) is 0 Å². The highest BCUT2D eigenvalue weighted by Crippen LogP contribution is 2.29. The van der Waals surface area contributed by atoms with Gasteiger partial charge in [0.1, 0.15) is 0 Å². The lowest BCUT2D eigenvalue weighted by Crippen LogP contribution is -2.45. The summed E-state index contributed by atoms with van der Waals surface area (Å²) in [6.45, 7) is 0. The van der Waals surface area contributed by atoms with E-state index in [1.54, 1.807) is 0 Å². The van der Waals surface area contributed by atoms with Crippen LogP contribution in [0.1, 0.15) is 83.5 Å². The fraction of sp³-hybridized carbons (Fsp3) is 0.857. The molecule has 0 saturated heterocycles. The molecule has 3 fully saturated rings. The van der Waals surface area contributed by atoms with Crippen molar-refractivity contribution in [2.45, 2.75) is 95.6 Å². The molecule has 0 aromatic carbocycles. The second-order valence-electron chi connectivity index (χ2n) is 8.81. The first-order chi connectivity index (χ1) is 13.0. The van der Waals surface area contributed by atoms with Crippen LogP contribution in [0, 0.1) is 17.8 Å². The third-order valence-corrected chi connectivity index (χ3v) is 6.82. The van der Waals surface area contributed by atoms with Gasteiger partial charge in [-0.1, -0.05) is 25.7 Å². The minimum absolute atomic E-state index is 0.000122. The second kappa shape index (κ2) is 9.56. The molecule has 3 aliphatic carbocycles. The van der Waals surface area contributed by atoms with Crippen LogP contribution >= 0.6 is 0 Å². The molecule has 152 valence electrons. The maximum Gasteiger partial charge on any atom is 0.308 e. The van der Waals surface area contributed by atoms with E-state index in [2.05, 4.69) is 10.6 Å². The van der Waals surface area contributed by atoms with Gasteiger partial charge in [0.05, 0.1) is 5.92 Å². The lowest BCUT2D eigenvalue weighted by molar-refractivity contribution is -0.142. The Labute approximate surface area is 161 Å². The van der Waals surface area contributed by atoms with E-state index in [0.29, 0.717) is 18.8 Å². The largest absolute Gasteiger partial charge is 0.481 e. The van der Waals surface area contributed by atoms with Gasteiger partial charge in [-0.15, -0.1) is 0 Å². The first-order valence-corrected chi connectivity index (χ1v) is 10.9. The number of carboxylic acid groups (broad SMARTS) is 1. The molecule has 0 heterocycles. The highest BCUT2D eigenvalue weighted by molar-refractivity contribution is 5.80. The van der Waals surface area contributed by atoms with Crippen LogP contribution in [0.2, 0.25) is 0 Å². The molecule has 2 amide bonds. The molecule has 3 saturated carbocycles. The first kappa shape index (κ1) is 20.2. The zero-order valence-electron chi connectivity index (χ0n) is 16.3. The fourth-order valence-corrected chi connectivity index (χ4v) is 5.17. The SMILES string of the molecule is O=C(CC1CCCCC1)NC1CCC(C(=O)N[C@H]2CCC[C@H]2C(=O)O)CC1. The van der Waals surface area contributed by atoms with Crippen LogP contribution in [0.3, 0.4) is 0 Å². The molecule has 6 heteroatoms. The van der Waals surface area contributed by atoms with Crippen molar-refractivity contribution in [3.63, 3.8) is 0 Å². The molecule has 3 N–H and O–H groups in total. The summed E-state index contributed by atoms with van der Waals surface area (Å²) in [6, 6.07) is -0.0358.